The Morgan fingerprint density at radius 3 is 2.83 bits per heavy atom. The molecule has 0 aliphatic heterocycles. The first kappa shape index (κ1) is 9.00. The molecule has 3 nitrogen and oxygen atoms in total. The van der Waals surface area contributed by atoms with Crippen molar-refractivity contribution >= 4 is 17.6 Å². The van der Waals surface area contributed by atoms with Gasteiger partial charge in [0.1, 0.15) is 5.15 Å². The Bertz CT molecular complexity index is 312. The van der Waals surface area contributed by atoms with Crippen molar-refractivity contribution in [2.24, 2.45) is 0 Å². The average molecular weight is 186 g/mol. The quantitative estimate of drug-likeness (QED) is 0.496. The zero-order valence-electron chi connectivity index (χ0n) is 6.80. The Morgan fingerprint density at radius 2 is 2.25 bits per heavy atom. The predicted molar refractivity (Wildman–Crippen MR) is 45.3 cm³/mol. The van der Waals surface area contributed by atoms with Crippen molar-refractivity contribution in [3.8, 4) is 5.88 Å². The number of carbonyl (C=O) groups is 1. The number of aryl methyl sites for hydroxylation is 1. The summed E-state index contributed by atoms with van der Waals surface area (Å²) in [5.41, 5.74) is 0.787. The first-order valence-corrected chi connectivity index (χ1v) is 3.79. The van der Waals surface area contributed by atoms with Crippen LogP contribution >= 0.6 is 11.6 Å². The molecule has 0 fully saturated rings. The molecule has 64 valence electrons. The highest BCUT2D eigenvalue weighted by molar-refractivity contribution is 6.29. The van der Waals surface area contributed by atoms with Crippen molar-refractivity contribution in [3.05, 3.63) is 22.8 Å². The van der Waals surface area contributed by atoms with Crippen molar-refractivity contribution in [2.45, 2.75) is 13.8 Å². The van der Waals surface area contributed by atoms with Crippen molar-refractivity contribution in [1.82, 2.24) is 4.98 Å². The summed E-state index contributed by atoms with van der Waals surface area (Å²) in [4.78, 5) is 14.4. The van der Waals surface area contributed by atoms with E-state index < -0.39 is 5.97 Å². The molecule has 0 spiro atoms. The van der Waals surface area contributed by atoms with Gasteiger partial charge in [-0.1, -0.05) is 17.7 Å². The largest absolute Gasteiger partial charge is 0.407 e. The van der Waals surface area contributed by atoms with Gasteiger partial charge in [-0.15, -0.1) is 0 Å². The van der Waals surface area contributed by atoms with Gasteiger partial charge in [-0.05, 0) is 13.0 Å². The molecule has 0 amide bonds. The van der Waals surface area contributed by atoms with Gasteiger partial charge in [-0.2, -0.15) is 0 Å². The Labute approximate surface area is 75.3 Å². The fourth-order valence-electron chi connectivity index (χ4n) is 0.727. The van der Waals surface area contributed by atoms with E-state index in [2.05, 4.69) is 4.98 Å². The van der Waals surface area contributed by atoms with Crippen LogP contribution in [0, 0.1) is 6.92 Å². The van der Waals surface area contributed by atoms with Crippen LogP contribution < -0.4 is 4.74 Å². The zero-order chi connectivity index (χ0) is 9.14. The molecule has 0 saturated carbocycles. The fourth-order valence-corrected chi connectivity index (χ4v) is 0.867. The van der Waals surface area contributed by atoms with E-state index in [0.29, 0.717) is 5.15 Å². The number of ether oxygens (including phenoxy) is 1. The van der Waals surface area contributed by atoms with Gasteiger partial charge in [-0.3, -0.25) is 4.79 Å². The summed E-state index contributed by atoms with van der Waals surface area (Å²) < 4.78 is 4.79. The smallest absolute Gasteiger partial charge is 0.309 e. The second-order valence-electron chi connectivity index (χ2n) is 2.35. The average Bonchev–Trinajstić information content (AvgIpc) is 1.96. The monoisotopic (exact) mass is 185 g/mol. The summed E-state index contributed by atoms with van der Waals surface area (Å²) >= 11 is 5.60. The number of rotatable bonds is 1. The lowest BCUT2D eigenvalue weighted by molar-refractivity contribution is -0.132. The van der Waals surface area contributed by atoms with Gasteiger partial charge in [0.2, 0.25) is 5.88 Å². The molecule has 0 bridgehead atoms. The van der Waals surface area contributed by atoms with Gasteiger partial charge in [0, 0.05) is 12.5 Å². The second-order valence-corrected chi connectivity index (χ2v) is 2.74. The summed E-state index contributed by atoms with van der Waals surface area (Å²) in [5, 5.41) is 0.317. The molecule has 0 radical (unpaired) electrons. The predicted octanol–water partition coefficient (Wildman–Crippen LogP) is 1.97. The molecular weight excluding hydrogens is 178 g/mol. The third kappa shape index (κ3) is 2.20. The van der Waals surface area contributed by atoms with Crippen LogP contribution in [0.3, 0.4) is 0 Å². The molecule has 12 heavy (non-hydrogen) atoms. The summed E-state index contributed by atoms with van der Waals surface area (Å²) in [7, 11) is 0. The maximum Gasteiger partial charge on any atom is 0.309 e. The minimum Gasteiger partial charge on any atom is -0.407 e. The van der Waals surface area contributed by atoms with Gasteiger partial charge in [0.25, 0.3) is 0 Å². The molecule has 0 unspecified atom stereocenters. The molecule has 0 aromatic carbocycles. The van der Waals surface area contributed by atoms with E-state index in [1.165, 1.54) is 6.92 Å². The van der Waals surface area contributed by atoms with Crippen LogP contribution in [0.4, 0.5) is 0 Å². The summed E-state index contributed by atoms with van der Waals surface area (Å²) in [5.74, 6) is -0.122. The molecule has 0 atom stereocenters. The second kappa shape index (κ2) is 3.54. The molecular formula is C8H8ClNO2. The van der Waals surface area contributed by atoms with E-state index in [9.17, 15) is 4.79 Å². The van der Waals surface area contributed by atoms with Crippen LogP contribution in [-0.2, 0) is 4.79 Å². The minimum atomic E-state index is -0.395. The molecule has 1 heterocycles. The third-order valence-electron chi connectivity index (χ3n) is 1.26. The fraction of sp³-hybridized carbons (Fsp3) is 0.250. The van der Waals surface area contributed by atoms with Crippen LogP contribution in [0.1, 0.15) is 12.5 Å². The molecule has 1 aromatic heterocycles. The summed E-state index contributed by atoms with van der Waals surface area (Å²) in [6.07, 6.45) is 0. The Balaban J connectivity index is 2.97. The number of carbonyl (C=O) groups excluding carboxylic acids is 1. The van der Waals surface area contributed by atoms with Crippen LogP contribution in [0.25, 0.3) is 0 Å². The Kier molecular flexibility index (Phi) is 2.65. The number of esters is 1. The molecule has 1 aromatic rings. The normalized spacial score (nSPS) is 9.58. The van der Waals surface area contributed by atoms with Crippen LogP contribution in [-0.4, -0.2) is 11.0 Å². The maximum atomic E-state index is 10.6. The number of pyridine rings is 1. The van der Waals surface area contributed by atoms with Crippen molar-refractivity contribution in [2.75, 3.05) is 0 Å². The molecule has 1 rings (SSSR count). The number of aromatic nitrogens is 1. The van der Waals surface area contributed by atoms with Crippen molar-refractivity contribution < 1.29 is 9.53 Å². The van der Waals surface area contributed by atoms with Crippen LogP contribution in [0.5, 0.6) is 5.88 Å². The molecule has 0 aliphatic carbocycles. The van der Waals surface area contributed by atoms with Crippen LogP contribution in [0.15, 0.2) is 12.1 Å². The van der Waals surface area contributed by atoms with E-state index >= 15 is 0 Å². The highest BCUT2D eigenvalue weighted by Gasteiger charge is 2.04. The first-order chi connectivity index (χ1) is 5.59. The Hall–Kier alpha value is -1.09. The molecule has 4 heteroatoms. The number of hydrogen-bond donors (Lipinski definition) is 0. The van der Waals surface area contributed by atoms with Crippen LogP contribution in [0.2, 0.25) is 5.15 Å². The van der Waals surface area contributed by atoms with Crippen molar-refractivity contribution in [1.29, 1.82) is 0 Å². The topological polar surface area (TPSA) is 39.2 Å². The first-order valence-electron chi connectivity index (χ1n) is 3.41. The lowest BCUT2D eigenvalue weighted by Gasteiger charge is -2.02. The number of halogens is 1. The van der Waals surface area contributed by atoms with E-state index in [1.807, 2.05) is 0 Å². The lowest BCUT2D eigenvalue weighted by atomic mass is 10.3. The number of nitrogens with zero attached hydrogens (tertiary/aromatic N) is 1. The zero-order valence-corrected chi connectivity index (χ0v) is 7.55. The lowest BCUT2D eigenvalue weighted by Crippen LogP contribution is -2.04. The van der Waals surface area contributed by atoms with Gasteiger partial charge < -0.3 is 4.74 Å². The van der Waals surface area contributed by atoms with E-state index in [4.69, 9.17) is 16.3 Å². The van der Waals surface area contributed by atoms with Gasteiger partial charge in [0.05, 0.1) is 0 Å². The van der Waals surface area contributed by atoms with Gasteiger partial charge >= 0.3 is 5.97 Å². The van der Waals surface area contributed by atoms with Gasteiger partial charge in [0.15, 0.2) is 0 Å². The summed E-state index contributed by atoms with van der Waals surface area (Å²) in [6, 6.07) is 3.39. The maximum absolute atomic E-state index is 10.6. The van der Waals surface area contributed by atoms with Gasteiger partial charge in [-0.25, -0.2) is 4.98 Å². The van der Waals surface area contributed by atoms with Crippen molar-refractivity contribution in [3.63, 3.8) is 0 Å². The molecule has 0 saturated heterocycles. The van der Waals surface area contributed by atoms with E-state index in [1.54, 1.807) is 19.1 Å². The summed E-state index contributed by atoms with van der Waals surface area (Å²) in [6.45, 7) is 3.11. The highest BCUT2D eigenvalue weighted by Crippen LogP contribution is 2.17. The molecule has 0 N–H and O–H groups in total. The SMILES string of the molecule is CC(=O)Oc1nc(Cl)ccc1C. The molecule has 0 aliphatic rings. The third-order valence-corrected chi connectivity index (χ3v) is 1.47. The minimum absolute atomic E-state index is 0.273. The number of hydrogen-bond acceptors (Lipinski definition) is 3. The van der Waals surface area contributed by atoms with E-state index in [0.717, 1.165) is 5.56 Å². The highest BCUT2D eigenvalue weighted by atomic mass is 35.5. The van der Waals surface area contributed by atoms with E-state index in [-0.39, 0.29) is 5.88 Å². The Morgan fingerprint density at radius 1 is 1.58 bits per heavy atom. The standard InChI is InChI=1S/C8H8ClNO2/c1-5-3-4-7(9)10-8(5)12-6(2)11/h3-4H,1-2H3.